The summed E-state index contributed by atoms with van der Waals surface area (Å²) in [6, 6.07) is 21.4. The van der Waals surface area contributed by atoms with Crippen molar-refractivity contribution in [2.24, 2.45) is 0 Å². The number of carbonyl (C=O) groups excluding carboxylic acids is 2. The number of para-hydroxylation sites is 1. The number of hydrogen-bond donors (Lipinski definition) is 1. The summed E-state index contributed by atoms with van der Waals surface area (Å²) in [4.78, 5) is 28.5. The molecule has 0 bridgehead atoms. The van der Waals surface area contributed by atoms with Crippen LogP contribution in [0.2, 0.25) is 5.02 Å². The zero-order valence-corrected chi connectivity index (χ0v) is 24.2. The lowest BCUT2D eigenvalue weighted by Crippen LogP contribution is -2.51. The lowest BCUT2D eigenvalue weighted by atomic mass is 10.1. The van der Waals surface area contributed by atoms with Gasteiger partial charge in [-0.3, -0.25) is 13.9 Å². The summed E-state index contributed by atoms with van der Waals surface area (Å²) >= 11 is 6.05. The van der Waals surface area contributed by atoms with Crippen LogP contribution in [0.15, 0.2) is 83.8 Å². The molecule has 2 amide bonds. The van der Waals surface area contributed by atoms with Crippen LogP contribution in [0.1, 0.15) is 44.7 Å². The van der Waals surface area contributed by atoms with E-state index >= 15 is 0 Å². The molecule has 39 heavy (non-hydrogen) atoms. The number of nitrogens with one attached hydrogen (secondary N) is 1. The lowest BCUT2D eigenvalue weighted by molar-refractivity contribution is -0.139. The van der Waals surface area contributed by atoms with Crippen molar-refractivity contribution in [1.82, 2.24) is 10.2 Å². The van der Waals surface area contributed by atoms with E-state index in [1.54, 1.807) is 61.5 Å². The molecule has 208 valence electrons. The molecule has 0 radical (unpaired) electrons. The Bertz CT molecular complexity index is 1350. The van der Waals surface area contributed by atoms with Crippen LogP contribution < -0.4 is 9.62 Å². The largest absolute Gasteiger partial charge is 0.354 e. The van der Waals surface area contributed by atoms with Crippen LogP contribution in [0.25, 0.3) is 0 Å². The Morgan fingerprint density at radius 1 is 0.923 bits per heavy atom. The van der Waals surface area contributed by atoms with Crippen LogP contribution in [0.3, 0.4) is 0 Å². The molecular weight excluding hydrogens is 534 g/mol. The minimum atomic E-state index is -4.09. The number of hydrogen-bond acceptors (Lipinski definition) is 4. The highest BCUT2D eigenvalue weighted by Crippen LogP contribution is 2.28. The van der Waals surface area contributed by atoms with Gasteiger partial charge in [0, 0.05) is 18.1 Å². The molecule has 0 aliphatic rings. The number of aryl methyl sites for hydroxylation is 1. The zero-order valence-electron chi connectivity index (χ0n) is 22.6. The molecule has 0 saturated carbocycles. The van der Waals surface area contributed by atoms with E-state index in [1.807, 2.05) is 26.0 Å². The Morgan fingerprint density at radius 3 is 2.21 bits per heavy atom. The van der Waals surface area contributed by atoms with Crippen LogP contribution in [0, 0.1) is 0 Å². The van der Waals surface area contributed by atoms with Gasteiger partial charge in [0.15, 0.2) is 0 Å². The monoisotopic (exact) mass is 569 g/mol. The molecule has 0 spiro atoms. The van der Waals surface area contributed by atoms with Gasteiger partial charge in [-0.2, -0.15) is 0 Å². The first-order valence-corrected chi connectivity index (χ1v) is 15.0. The molecule has 7 nitrogen and oxygen atoms in total. The Morgan fingerprint density at radius 2 is 1.56 bits per heavy atom. The third-order valence-electron chi connectivity index (χ3n) is 6.51. The van der Waals surface area contributed by atoms with Gasteiger partial charge in [-0.05, 0) is 61.2 Å². The molecule has 0 aliphatic carbocycles. The van der Waals surface area contributed by atoms with E-state index in [2.05, 4.69) is 5.32 Å². The van der Waals surface area contributed by atoms with Crippen molar-refractivity contribution < 1.29 is 18.0 Å². The smallest absolute Gasteiger partial charge is 0.264 e. The van der Waals surface area contributed by atoms with E-state index in [9.17, 15) is 18.0 Å². The molecule has 1 N–H and O–H groups in total. The van der Waals surface area contributed by atoms with Gasteiger partial charge in [-0.25, -0.2) is 8.42 Å². The maximum atomic E-state index is 14.0. The Kier molecular flexibility index (Phi) is 10.9. The lowest BCUT2D eigenvalue weighted by Gasteiger charge is -2.32. The Labute approximate surface area is 236 Å². The Hall–Kier alpha value is -3.36. The zero-order chi connectivity index (χ0) is 28.4. The summed E-state index contributed by atoms with van der Waals surface area (Å²) in [5, 5.41) is 3.44. The average molecular weight is 570 g/mol. The molecule has 3 aromatic rings. The number of amides is 2. The molecule has 0 aromatic heterocycles. The minimum Gasteiger partial charge on any atom is -0.354 e. The predicted molar refractivity (Wildman–Crippen MR) is 156 cm³/mol. The highest BCUT2D eigenvalue weighted by atomic mass is 35.5. The normalized spacial score (nSPS) is 12.0. The van der Waals surface area contributed by atoms with E-state index in [4.69, 9.17) is 11.6 Å². The third kappa shape index (κ3) is 7.83. The van der Waals surface area contributed by atoms with Gasteiger partial charge in [-0.15, -0.1) is 0 Å². The summed E-state index contributed by atoms with van der Waals surface area (Å²) in [6.45, 7) is 5.78. The highest BCUT2D eigenvalue weighted by Gasteiger charge is 2.33. The number of nitrogens with zero attached hydrogens (tertiary/aromatic N) is 2. The standard InChI is InChI=1S/C30H36ClN3O4S/c1-4-6-20-32-30(36)23(3)33(21-24-16-18-26(31)19-17-24)29(35)22-34(28-15-11-10-12-25(28)5-2)39(37,38)27-13-8-7-9-14-27/h7-19,23H,4-6,20-22H2,1-3H3,(H,32,36). The van der Waals surface area contributed by atoms with Crippen molar-refractivity contribution >= 4 is 39.1 Å². The topological polar surface area (TPSA) is 86.8 Å². The second kappa shape index (κ2) is 14.1. The molecule has 9 heteroatoms. The number of carbonyl (C=O) groups is 2. The van der Waals surface area contributed by atoms with Crippen LogP contribution in [0.4, 0.5) is 5.69 Å². The van der Waals surface area contributed by atoms with Crippen LogP contribution in [0.5, 0.6) is 0 Å². The molecular formula is C30H36ClN3O4S. The number of anilines is 1. The second-order valence-corrected chi connectivity index (χ2v) is 11.6. The summed E-state index contributed by atoms with van der Waals surface area (Å²) in [5.74, 6) is -0.786. The predicted octanol–water partition coefficient (Wildman–Crippen LogP) is 5.43. The van der Waals surface area contributed by atoms with E-state index in [0.29, 0.717) is 23.7 Å². The van der Waals surface area contributed by atoms with E-state index in [-0.39, 0.29) is 17.3 Å². The number of halogens is 1. The van der Waals surface area contributed by atoms with Crippen molar-refractivity contribution in [3.8, 4) is 0 Å². The SMILES string of the molecule is CCCCNC(=O)C(C)N(Cc1ccc(Cl)cc1)C(=O)CN(c1ccccc1CC)S(=O)(=O)c1ccccc1. The maximum Gasteiger partial charge on any atom is 0.264 e. The molecule has 0 heterocycles. The summed E-state index contributed by atoms with van der Waals surface area (Å²) < 4.78 is 28.9. The van der Waals surface area contributed by atoms with Gasteiger partial charge < -0.3 is 10.2 Å². The molecule has 1 atom stereocenters. The van der Waals surface area contributed by atoms with Crippen LogP contribution >= 0.6 is 11.6 Å². The quantitative estimate of drug-likeness (QED) is 0.278. The summed E-state index contributed by atoms with van der Waals surface area (Å²) in [6.07, 6.45) is 2.32. The van der Waals surface area contributed by atoms with Gasteiger partial charge in [0.25, 0.3) is 10.0 Å². The molecule has 3 aromatic carbocycles. The van der Waals surface area contributed by atoms with E-state index in [1.165, 1.54) is 17.0 Å². The molecule has 0 fully saturated rings. The summed E-state index contributed by atoms with van der Waals surface area (Å²) in [7, 11) is -4.09. The Balaban J connectivity index is 2.02. The van der Waals surface area contributed by atoms with Crippen molar-refractivity contribution in [2.75, 3.05) is 17.4 Å². The highest BCUT2D eigenvalue weighted by molar-refractivity contribution is 7.92. The molecule has 0 saturated heterocycles. The van der Waals surface area contributed by atoms with Gasteiger partial charge >= 0.3 is 0 Å². The van der Waals surface area contributed by atoms with Crippen molar-refractivity contribution in [3.05, 3.63) is 95.0 Å². The first kappa shape index (κ1) is 30.2. The molecule has 1 unspecified atom stereocenters. The number of rotatable bonds is 13. The molecule has 3 rings (SSSR count). The first-order valence-electron chi connectivity index (χ1n) is 13.2. The maximum absolute atomic E-state index is 14.0. The molecule has 0 aliphatic heterocycles. The fourth-order valence-electron chi connectivity index (χ4n) is 4.19. The number of unbranched alkanes of at least 4 members (excludes halogenated alkanes) is 1. The number of sulfonamides is 1. The summed E-state index contributed by atoms with van der Waals surface area (Å²) in [5.41, 5.74) is 2.00. The van der Waals surface area contributed by atoms with Gasteiger partial charge in [0.1, 0.15) is 12.6 Å². The van der Waals surface area contributed by atoms with Crippen molar-refractivity contribution in [2.45, 2.75) is 57.5 Å². The first-order chi connectivity index (χ1) is 18.7. The van der Waals surface area contributed by atoms with Crippen molar-refractivity contribution in [3.63, 3.8) is 0 Å². The number of benzene rings is 3. The second-order valence-electron chi connectivity index (χ2n) is 9.28. The van der Waals surface area contributed by atoms with Crippen LogP contribution in [-0.2, 0) is 32.6 Å². The van der Waals surface area contributed by atoms with Gasteiger partial charge in [-0.1, -0.05) is 80.4 Å². The van der Waals surface area contributed by atoms with E-state index < -0.39 is 28.5 Å². The van der Waals surface area contributed by atoms with E-state index in [0.717, 1.165) is 28.3 Å². The fourth-order valence-corrected chi connectivity index (χ4v) is 5.79. The minimum absolute atomic E-state index is 0.0818. The van der Waals surface area contributed by atoms with Crippen LogP contribution in [-0.4, -0.2) is 44.3 Å². The average Bonchev–Trinajstić information content (AvgIpc) is 2.95. The third-order valence-corrected chi connectivity index (χ3v) is 8.54. The fraction of sp³-hybridized carbons (Fsp3) is 0.333. The van der Waals surface area contributed by atoms with Gasteiger partial charge in [0.2, 0.25) is 11.8 Å². The van der Waals surface area contributed by atoms with Gasteiger partial charge in [0.05, 0.1) is 10.6 Å². The van der Waals surface area contributed by atoms with Crippen molar-refractivity contribution in [1.29, 1.82) is 0 Å².